The average Bonchev–Trinajstić information content (AvgIpc) is 2.75. The Kier molecular flexibility index (Phi) is 5.08. The highest BCUT2D eigenvalue weighted by atomic mass is 16.5. The predicted octanol–water partition coefficient (Wildman–Crippen LogP) is 2.91. The van der Waals surface area contributed by atoms with E-state index in [2.05, 4.69) is 18.7 Å². The van der Waals surface area contributed by atoms with E-state index in [1.165, 1.54) is 0 Å². The van der Waals surface area contributed by atoms with Gasteiger partial charge in [-0.3, -0.25) is 0 Å². The lowest BCUT2D eigenvalue weighted by atomic mass is 10.1. The van der Waals surface area contributed by atoms with Gasteiger partial charge >= 0.3 is 5.97 Å². The zero-order valence-electron chi connectivity index (χ0n) is 13.7. The lowest BCUT2D eigenvalue weighted by Gasteiger charge is -2.18. The molecule has 0 aliphatic heterocycles. The fourth-order valence-electron chi connectivity index (χ4n) is 2.74. The third-order valence-electron chi connectivity index (χ3n) is 4.25. The minimum absolute atomic E-state index is 0.353. The van der Waals surface area contributed by atoms with Crippen LogP contribution in [0.15, 0.2) is 18.2 Å². The number of benzene rings is 1. The minimum atomic E-state index is -0.900. The number of hydrogen-bond donors (Lipinski definition) is 1. The maximum absolute atomic E-state index is 11.5. The third-order valence-corrected chi connectivity index (χ3v) is 4.25. The maximum Gasteiger partial charge on any atom is 0.338 e. The Bertz CT molecular complexity index is 672. The molecule has 1 heterocycles. The molecule has 0 saturated carbocycles. The van der Waals surface area contributed by atoms with E-state index in [1.807, 2.05) is 36.7 Å². The highest BCUT2D eigenvalue weighted by molar-refractivity contribution is 6.05. The molecule has 0 unspecified atom stereocenters. The number of aromatic nitrogens is 1. The van der Waals surface area contributed by atoms with Crippen LogP contribution in [0, 0.1) is 6.92 Å². The van der Waals surface area contributed by atoms with Crippen LogP contribution in [0.4, 0.5) is 0 Å². The number of carbonyl (C=O) groups is 1. The number of fused-ring (bicyclic) bond motifs is 1. The van der Waals surface area contributed by atoms with E-state index in [-0.39, 0.29) is 0 Å². The number of rotatable bonds is 7. The summed E-state index contributed by atoms with van der Waals surface area (Å²) >= 11 is 0. The predicted molar refractivity (Wildman–Crippen MR) is 87.9 cm³/mol. The van der Waals surface area contributed by atoms with Crippen LogP contribution in [-0.4, -0.2) is 46.8 Å². The summed E-state index contributed by atoms with van der Waals surface area (Å²) in [4.78, 5) is 13.8. The van der Waals surface area contributed by atoms with E-state index in [1.54, 1.807) is 0 Å². The zero-order valence-corrected chi connectivity index (χ0v) is 13.7. The molecule has 2 aromatic rings. The Hall–Kier alpha value is -2.01. The van der Waals surface area contributed by atoms with Gasteiger partial charge < -0.3 is 19.3 Å². The van der Waals surface area contributed by atoms with Crippen molar-refractivity contribution in [2.45, 2.75) is 20.8 Å². The van der Waals surface area contributed by atoms with Crippen LogP contribution in [0.1, 0.15) is 29.9 Å². The molecule has 5 heteroatoms. The summed E-state index contributed by atoms with van der Waals surface area (Å²) in [6.07, 6.45) is 0. The van der Waals surface area contributed by atoms with Crippen molar-refractivity contribution >= 4 is 16.9 Å². The molecule has 22 heavy (non-hydrogen) atoms. The molecule has 0 spiro atoms. The van der Waals surface area contributed by atoms with E-state index >= 15 is 0 Å². The summed E-state index contributed by atoms with van der Waals surface area (Å²) < 4.78 is 7.69. The lowest BCUT2D eigenvalue weighted by molar-refractivity contribution is 0.0698. The summed E-state index contributed by atoms with van der Waals surface area (Å²) in [5.74, 6) is -0.184. The monoisotopic (exact) mass is 304 g/mol. The van der Waals surface area contributed by atoms with E-state index in [4.69, 9.17) is 4.74 Å². The van der Waals surface area contributed by atoms with E-state index in [0.717, 1.165) is 36.2 Å². The molecule has 0 aliphatic rings. The highest BCUT2D eigenvalue weighted by Gasteiger charge is 2.18. The fraction of sp³-hybridized carbons (Fsp3) is 0.471. The van der Waals surface area contributed by atoms with Gasteiger partial charge in [0.1, 0.15) is 12.4 Å². The van der Waals surface area contributed by atoms with E-state index in [9.17, 15) is 9.90 Å². The second-order valence-electron chi connectivity index (χ2n) is 5.38. The smallest absolute Gasteiger partial charge is 0.338 e. The number of aryl methyl sites for hydroxylation is 1. The van der Waals surface area contributed by atoms with Crippen LogP contribution in [-0.2, 0) is 7.05 Å². The molecule has 0 radical (unpaired) electrons. The quantitative estimate of drug-likeness (QED) is 0.854. The fourth-order valence-corrected chi connectivity index (χ4v) is 2.74. The molecule has 2 rings (SSSR count). The van der Waals surface area contributed by atoms with Crippen molar-refractivity contribution in [2.75, 3.05) is 26.2 Å². The number of hydrogen-bond acceptors (Lipinski definition) is 3. The molecular weight excluding hydrogens is 280 g/mol. The van der Waals surface area contributed by atoms with Crippen LogP contribution in [0.2, 0.25) is 0 Å². The summed E-state index contributed by atoms with van der Waals surface area (Å²) in [5, 5.41) is 10.1. The number of aromatic carboxylic acids is 1. The molecular formula is C17H24N2O3. The van der Waals surface area contributed by atoms with Crippen LogP contribution < -0.4 is 4.74 Å². The van der Waals surface area contributed by atoms with Crippen molar-refractivity contribution in [3.05, 3.63) is 29.5 Å². The molecule has 0 aliphatic carbocycles. The SMILES string of the molecule is CCN(CC)CCOc1ccc2c(c1)c(C(=O)O)c(C)n2C. The highest BCUT2D eigenvalue weighted by Crippen LogP contribution is 2.28. The second-order valence-corrected chi connectivity index (χ2v) is 5.38. The molecule has 1 aromatic carbocycles. The number of likely N-dealkylation sites (N-methyl/N-ethyl adjacent to an activating group) is 1. The molecule has 0 fully saturated rings. The van der Waals surface area contributed by atoms with Gasteiger partial charge in [-0.15, -0.1) is 0 Å². The van der Waals surface area contributed by atoms with Gasteiger partial charge in [-0.05, 0) is 38.2 Å². The topological polar surface area (TPSA) is 54.7 Å². The first-order chi connectivity index (χ1) is 10.5. The molecule has 0 saturated heterocycles. The zero-order chi connectivity index (χ0) is 16.3. The first kappa shape index (κ1) is 16.4. The summed E-state index contributed by atoms with van der Waals surface area (Å²) in [6, 6.07) is 5.64. The number of ether oxygens (including phenoxy) is 1. The Morgan fingerprint density at radius 3 is 2.59 bits per heavy atom. The molecule has 120 valence electrons. The van der Waals surface area contributed by atoms with Crippen LogP contribution in [0.3, 0.4) is 0 Å². The number of carboxylic acid groups (broad SMARTS) is 1. The average molecular weight is 304 g/mol. The van der Waals surface area contributed by atoms with Crippen molar-refractivity contribution in [3.8, 4) is 5.75 Å². The van der Waals surface area contributed by atoms with E-state index in [0.29, 0.717) is 17.9 Å². The molecule has 1 aromatic heterocycles. The Labute approximate surface area is 131 Å². The van der Waals surface area contributed by atoms with Crippen LogP contribution in [0.5, 0.6) is 5.75 Å². The number of nitrogens with zero attached hydrogens (tertiary/aromatic N) is 2. The summed E-state index contributed by atoms with van der Waals surface area (Å²) in [7, 11) is 1.88. The van der Waals surface area contributed by atoms with Gasteiger partial charge in [0, 0.05) is 30.2 Å². The van der Waals surface area contributed by atoms with Gasteiger partial charge in [0.05, 0.1) is 5.56 Å². The van der Waals surface area contributed by atoms with Crippen molar-refractivity contribution in [1.82, 2.24) is 9.47 Å². The normalized spacial score (nSPS) is 11.3. The van der Waals surface area contributed by atoms with Gasteiger partial charge in [-0.2, -0.15) is 0 Å². The second kappa shape index (κ2) is 6.83. The first-order valence-corrected chi connectivity index (χ1v) is 7.67. The van der Waals surface area contributed by atoms with Crippen LogP contribution in [0.25, 0.3) is 10.9 Å². The number of carboxylic acids is 1. The van der Waals surface area contributed by atoms with Crippen molar-refractivity contribution in [2.24, 2.45) is 7.05 Å². The van der Waals surface area contributed by atoms with Crippen LogP contribution >= 0.6 is 0 Å². The minimum Gasteiger partial charge on any atom is -0.492 e. The van der Waals surface area contributed by atoms with Gasteiger partial charge in [-0.1, -0.05) is 13.8 Å². The maximum atomic E-state index is 11.5. The molecule has 0 bridgehead atoms. The largest absolute Gasteiger partial charge is 0.492 e. The first-order valence-electron chi connectivity index (χ1n) is 7.67. The molecule has 0 atom stereocenters. The van der Waals surface area contributed by atoms with Gasteiger partial charge in [0.15, 0.2) is 0 Å². The Morgan fingerprint density at radius 2 is 2.00 bits per heavy atom. The summed E-state index contributed by atoms with van der Waals surface area (Å²) in [6.45, 7) is 9.54. The lowest BCUT2D eigenvalue weighted by Crippen LogP contribution is -2.27. The third kappa shape index (κ3) is 3.09. The van der Waals surface area contributed by atoms with Crippen molar-refractivity contribution < 1.29 is 14.6 Å². The standard InChI is InChI=1S/C17H24N2O3/c1-5-19(6-2)9-10-22-13-7-8-15-14(11-13)16(17(20)21)12(3)18(15)4/h7-8,11H,5-6,9-10H2,1-4H3,(H,20,21). The van der Waals surface area contributed by atoms with Crippen molar-refractivity contribution in [3.63, 3.8) is 0 Å². The van der Waals surface area contributed by atoms with Gasteiger partial charge in [0.25, 0.3) is 0 Å². The Morgan fingerprint density at radius 1 is 1.32 bits per heavy atom. The van der Waals surface area contributed by atoms with Crippen molar-refractivity contribution in [1.29, 1.82) is 0 Å². The van der Waals surface area contributed by atoms with E-state index < -0.39 is 5.97 Å². The summed E-state index contributed by atoms with van der Waals surface area (Å²) in [5.41, 5.74) is 2.01. The molecule has 0 amide bonds. The molecule has 5 nitrogen and oxygen atoms in total. The molecule has 1 N–H and O–H groups in total. The van der Waals surface area contributed by atoms with Gasteiger partial charge in [-0.25, -0.2) is 4.79 Å². The Balaban J connectivity index is 2.23. The van der Waals surface area contributed by atoms with Gasteiger partial charge in [0.2, 0.25) is 0 Å².